The summed E-state index contributed by atoms with van der Waals surface area (Å²) in [7, 11) is 0. The number of hydrogen-bond donors (Lipinski definition) is 0. The highest BCUT2D eigenvalue weighted by molar-refractivity contribution is 9.08. The van der Waals surface area contributed by atoms with E-state index in [0.717, 1.165) is 29.3 Å². The van der Waals surface area contributed by atoms with E-state index in [-0.39, 0.29) is 5.54 Å². The molecular formula is C15H26BrN3. The molecule has 19 heavy (non-hydrogen) atoms. The number of aromatic nitrogens is 3. The Morgan fingerprint density at radius 3 is 2.32 bits per heavy atom. The average molecular weight is 328 g/mol. The summed E-state index contributed by atoms with van der Waals surface area (Å²) >= 11 is 3.52. The van der Waals surface area contributed by atoms with Crippen molar-refractivity contribution in [2.24, 2.45) is 5.92 Å². The molecule has 2 rings (SSSR count). The minimum Gasteiger partial charge on any atom is -0.309 e. The molecule has 0 aromatic carbocycles. The van der Waals surface area contributed by atoms with Crippen LogP contribution < -0.4 is 0 Å². The number of rotatable bonds is 4. The van der Waals surface area contributed by atoms with Gasteiger partial charge in [0.1, 0.15) is 11.6 Å². The Balaban J connectivity index is 2.05. The molecule has 1 aliphatic rings. The van der Waals surface area contributed by atoms with Crippen molar-refractivity contribution in [3.63, 3.8) is 0 Å². The van der Waals surface area contributed by atoms with Crippen LogP contribution in [0.3, 0.4) is 0 Å². The van der Waals surface area contributed by atoms with Crippen LogP contribution in [-0.4, -0.2) is 14.8 Å². The van der Waals surface area contributed by atoms with Crippen molar-refractivity contribution in [2.45, 2.75) is 76.6 Å². The van der Waals surface area contributed by atoms with Crippen molar-refractivity contribution in [2.75, 3.05) is 0 Å². The predicted molar refractivity (Wildman–Crippen MR) is 82.5 cm³/mol. The van der Waals surface area contributed by atoms with E-state index in [1.165, 1.54) is 38.5 Å². The molecule has 3 nitrogen and oxygen atoms in total. The summed E-state index contributed by atoms with van der Waals surface area (Å²) in [4.78, 5) is 0. The van der Waals surface area contributed by atoms with Crippen LogP contribution in [-0.2, 0) is 17.3 Å². The summed E-state index contributed by atoms with van der Waals surface area (Å²) in [6, 6.07) is 0. The first-order chi connectivity index (χ1) is 9.02. The lowest BCUT2D eigenvalue weighted by Crippen LogP contribution is -2.26. The van der Waals surface area contributed by atoms with Gasteiger partial charge >= 0.3 is 0 Å². The van der Waals surface area contributed by atoms with Crippen molar-refractivity contribution in [1.82, 2.24) is 14.8 Å². The van der Waals surface area contributed by atoms with E-state index in [4.69, 9.17) is 0 Å². The fourth-order valence-electron chi connectivity index (χ4n) is 3.19. The number of halogens is 1. The van der Waals surface area contributed by atoms with Crippen LogP contribution in [0.4, 0.5) is 0 Å². The highest BCUT2D eigenvalue weighted by Crippen LogP contribution is 2.28. The summed E-state index contributed by atoms with van der Waals surface area (Å²) in [6.45, 7) is 6.69. The second-order valence-electron chi connectivity index (χ2n) is 6.72. The fourth-order valence-corrected chi connectivity index (χ4v) is 3.55. The lowest BCUT2D eigenvalue weighted by molar-refractivity contribution is 0.325. The van der Waals surface area contributed by atoms with Crippen LogP contribution in [0.15, 0.2) is 0 Å². The van der Waals surface area contributed by atoms with Gasteiger partial charge in [-0.3, -0.25) is 0 Å². The summed E-state index contributed by atoms with van der Waals surface area (Å²) in [5.74, 6) is 3.12. The van der Waals surface area contributed by atoms with Gasteiger partial charge in [0.2, 0.25) is 0 Å². The zero-order valence-electron chi connectivity index (χ0n) is 12.5. The van der Waals surface area contributed by atoms with Crippen LogP contribution in [0.25, 0.3) is 0 Å². The third-order valence-electron chi connectivity index (χ3n) is 4.09. The van der Waals surface area contributed by atoms with E-state index in [1.54, 1.807) is 0 Å². The minimum absolute atomic E-state index is 0.0640. The molecule has 0 saturated heterocycles. The predicted octanol–water partition coefficient (Wildman–Crippen LogP) is 4.44. The SMILES string of the molecule is CC(C)(C)n1c(CBr)nnc1CCC1CCCCC1. The molecule has 0 bridgehead atoms. The van der Waals surface area contributed by atoms with E-state index in [2.05, 4.69) is 51.5 Å². The summed E-state index contributed by atoms with van der Waals surface area (Å²) in [6.07, 6.45) is 9.44. The van der Waals surface area contributed by atoms with Gasteiger partial charge in [-0.05, 0) is 33.1 Å². The molecule has 0 radical (unpaired) electrons. The van der Waals surface area contributed by atoms with E-state index >= 15 is 0 Å². The zero-order chi connectivity index (χ0) is 13.9. The Labute approximate surface area is 125 Å². The summed E-state index contributed by atoms with van der Waals surface area (Å²) in [5.41, 5.74) is 0.0640. The fraction of sp³-hybridized carbons (Fsp3) is 0.867. The quantitative estimate of drug-likeness (QED) is 0.765. The van der Waals surface area contributed by atoms with Crippen molar-refractivity contribution in [1.29, 1.82) is 0 Å². The summed E-state index contributed by atoms with van der Waals surface area (Å²) < 4.78 is 2.31. The maximum atomic E-state index is 4.42. The molecule has 1 saturated carbocycles. The Hall–Kier alpha value is -0.380. The van der Waals surface area contributed by atoms with Crippen LogP contribution >= 0.6 is 15.9 Å². The molecule has 1 aliphatic carbocycles. The Bertz CT molecular complexity index is 400. The molecule has 0 atom stereocenters. The van der Waals surface area contributed by atoms with Crippen molar-refractivity contribution in [3.8, 4) is 0 Å². The summed E-state index contributed by atoms with van der Waals surface area (Å²) in [5, 5.41) is 9.53. The van der Waals surface area contributed by atoms with E-state index in [0.29, 0.717) is 0 Å². The molecule has 1 aromatic heterocycles. The number of nitrogens with zero attached hydrogens (tertiary/aromatic N) is 3. The third-order valence-corrected chi connectivity index (χ3v) is 4.59. The normalized spacial score (nSPS) is 17.9. The first-order valence-electron chi connectivity index (χ1n) is 7.52. The Kier molecular flexibility index (Phi) is 5.04. The zero-order valence-corrected chi connectivity index (χ0v) is 14.0. The standard InChI is InChI=1S/C15H26BrN3/c1-15(2,3)19-13(17-18-14(19)11-16)10-9-12-7-5-4-6-8-12/h12H,4-11H2,1-3H3. The molecule has 0 spiro atoms. The first-order valence-corrected chi connectivity index (χ1v) is 8.64. The monoisotopic (exact) mass is 327 g/mol. The molecule has 108 valence electrons. The lowest BCUT2D eigenvalue weighted by Gasteiger charge is -2.26. The first kappa shape index (κ1) is 15.0. The van der Waals surface area contributed by atoms with Crippen molar-refractivity contribution < 1.29 is 0 Å². The number of alkyl halides is 1. The van der Waals surface area contributed by atoms with Gasteiger partial charge in [0.25, 0.3) is 0 Å². The largest absolute Gasteiger partial charge is 0.309 e. The van der Waals surface area contributed by atoms with Gasteiger partial charge in [-0.2, -0.15) is 0 Å². The van der Waals surface area contributed by atoms with Crippen LogP contribution in [0, 0.1) is 5.92 Å². The molecule has 1 fully saturated rings. The van der Waals surface area contributed by atoms with Gasteiger partial charge in [-0.25, -0.2) is 0 Å². The molecular weight excluding hydrogens is 302 g/mol. The van der Waals surface area contributed by atoms with Gasteiger partial charge in [-0.1, -0.05) is 48.0 Å². The van der Waals surface area contributed by atoms with E-state index in [1.807, 2.05) is 0 Å². The van der Waals surface area contributed by atoms with Crippen LogP contribution in [0.5, 0.6) is 0 Å². The van der Waals surface area contributed by atoms with Gasteiger partial charge in [-0.15, -0.1) is 10.2 Å². The highest BCUT2D eigenvalue weighted by Gasteiger charge is 2.23. The van der Waals surface area contributed by atoms with Crippen molar-refractivity contribution in [3.05, 3.63) is 11.6 Å². The molecule has 0 aliphatic heterocycles. The smallest absolute Gasteiger partial charge is 0.144 e. The van der Waals surface area contributed by atoms with Crippen LogP contribution in [0.1, 0.15) is 70.9 Å². The maximum absolute atomic E-state index is 4.42. The molecule has 1 aromatic rings. The van der Waals surface area contributed by atoms with E-state index < -0.39 is 0 Å². The van der Waals surface area contributed by atoms with Gasteiger partial charge < -0.3 is 4.57 Å². The highest BCUT2D eigenvalue weighted by atomic mass is 79.9. The second kappa shape index (κ2) is 6.38. The van der Waals surface area contributed by atoms with Gasteiger partial charge in [0.05, 0.1) is 5.33 Å². The molecule has 0 unspecified atom stereocenters. The van der Waals surface area contributed by atoms with E-state index in [9.17, 15) is 0 Å². The Morgan fingerprint density at radius 1 is 1.11 bits per heavy atom. The lowest BCUT2D eigenvalue weighted by atomic mass is 9.86. The topological polar surface area (TPSA) is 30.7 Å². The number of hydrogen-bond acceptors (Lipinski definition) is 2. The number of aryl methyl sites for hydroxylation is 1. The van der Waals surface area contributed by atoms with Gasteiger partial charge in [0, 0.05) is 12.0 Å². The molecule has 0 N–H and O–H groups in total. The van der Waals surface area contributed by atoms with Crippen LogP contribution in [0.2, 0.25) is 0 Å². The van der Waals surface area contributed by atoms with Gasteiger partial charge in [0.15, 0.2) is 0 Å². The minimum atomic E-state index is 0.0640. The third kappa shape index (κ3) is 3.80. The maximum Gasteiger partial charge on any atom is 0.144 e. The molecule has 4 heteroatoms. The average Bonchev–Trinajstić information content (AvgIpc) is 2.80. The molecule has 1 heterocycles. The Morgan fingerprint density at radius 2 is 1.74 bits per heavy atom. The molecule has 0 amide bonds. The second-order valence-corrected chi connectivity index (χ2v) is 7.28. The van der Waals surface area contributed by atoms with Crippen molar-refractivity contribution >= 4 is 15.9 Å².